The van der Waals surface area contributed by atoms with E-state index in [4.69, 9.17) is 4.74 Å². The van der Waals surface area contributed by atoms with Crippen LogP contribution in [0.5, 0.6) is 5.75 Å². The largest absolute Gasteiger partial charge is 2.00 e. The average molecular weight is 252 g/mol. The Morgan fingerprint density at radius 2 is 1.81 bits per heavy atom. The summed E-state index contributed by atoms with van der Waals surface area (Å²) in [6, 6.07) is 10.6. The summed E-state index contributed by atoms with van der Waals surface area (Å²) in [5.74, 6) is 0.939. The standard InChI is InChI=1S/C12H18NO.ClH.Mg/c1-13(2)10-6-7-11-14-12-8-4-3-5-9-12;;/h4-5,8-9H,6-7,10-11H2,1-2H3;1H;/q-1;;+2/p-1. The van der Waals surface area contributed by atoms with E-state index in [0.717, 1.165) is 25.3 Å². The molecule has 0 aromatic heterocycles. The minimum Gasteiger partial charge on any atom is -1.00 e. The second-order valence-electron chi connectivity index (χ2n) is 3.59. The van der Waals surface area contributed by atoms with Gasteiger partial charge in [-0.3, -0.25) is 0 Å². The first-order valence-electron chi connectivity index (χ1n) is 5.02. The molecule has 0 N–H and O–H groups in total. The number of rotatable bonds is 6. The Bertz CT molecular complexity index is 244. The molecule has 0 aliphatic carbocycles. The van der Waals surface area contributed by atoms with E-state index in [1.54, 1.807) is 0 Å². The van der Waals surface area contributed by atoms with Crippen molar-refractivity contribution in [3.05, 3.63) is 30.3 Å². The van der Waals surface area contributed by atoms with E-state index in [1.807, 2.05) is 24.3 Å². The van der Waals surface area contributed by atoms with Gasteiger partial charge in [0, 0.05) is 5.75 Å². The molecule has 86 valence electrons. The van der Waals surface area contributed by atoms with Gasteiger partial charge in [-0.2, -0.15) is 18.2 Å². The Kier molecular flexibility index (Phi) is 13.2. The Hall–Kier alpha value is 0.0362. The zero-order valence-corrected chi connectivity index (χ0v) is 12.2. The summed E-state index contributed by atoms with van der Waals surface area (Å²) in [4.78, 5) is 2.19. The van der Waals surface area contributed by atoms with Crippen molar-refractivity contribution in [2.24, 2.45) is 0 Å². The SMILES string of the molecule is CN(C)CCCCOc1cc[c-]cc1.[Cl-].[Mg+2]. The summed E-state index contributed by atoms with van der Waals surface area (Å²) in [5.41, 5.74) is 0. The first-order valence-corrected chi connectivity index (χ1v) is 5.02. The molecule has 4 heteroatoms. The molecule has 0 aliphatic rings. The van der Waals surface area contributed by atoms with Crippen LogP contribution in [0, 0.1) is 6.07 Å². The molecule has 16 heavy (non-hydrogen) atoms. The van der Waals surface area contributed by atoms with Crippen molar-refractivity contribution in [2.75, 3.05) is 27.2 Å². The molecule has 0 spiro atoms. The second kappa shape index (κ2) is 11.5. The number of ether oxygens (including phenoxy) is 1. The van der Waals surface area contributed by atoms with Crippen LogP contribution in [-0.4, -0.2) is 55.2 Å². The van der Waals surface area contributed by atoms with Crippen molar-refractivity contribution in [2.45, 2.75) is 12.8 Å². The van der Waals surface area contributed by atoms with E-state index in [1.165, 1.54) is 6.42 Å². The maximum atomic E-state index is 5.55. The Labute approximate surface area is 121 Å². The third kappa shape index (κ3) is 9.28. The van der Waals surface area contributed by atoms with Gasteiger partial charge >= 0.3 is 23.1 Å². The van der Waals surface area contributed by atoms with Gasteiger partial charge in [0.25, 0.3) is 0 Å². The van der Waals surface area contributed by atoms with Gasteiger partial charge in [0.15, 0.2) is 0 Å². The minimum atomic E-state index is 0. The number of halogens is 1. The fraction of sp³-hybridized carbons (Fsp3) is 0.500. The third-order valence-electron chi connectivity index (χ3n) is 1.96. The van der Waals surface area contributed by atoms with Crippen molar-refractivity contribution < 1.29 is 17.1 Å². The molecule has 1 aromatic carbocycles. The molecule has 0 bridgehead atoms. The van der Waals surface area contributed by atoms with Gasteiger partial charge in [0.2, 0.25) is 0 Å². The Balaban J connectivity index is 0. The van der Waals surface area contributed by atoms with Crippen LogP contribution in [0.15, 0.2) is 24.3 Å². The van der Waals surface area contributed by atoms with Crippen LogP contribution in [0.2, 0.25) is 0 Å². The van der Waals surface area contributed by atoms with Crippen LogP contribution in [0.3, 0.4) is 0 Å². The molecule has 0 heterocycles. The zero-order chi connectivity index (χ0) is 10.2. The van der Waals surface area contributed by atoms with Crippen molar-refractivity contribution in [1.29, 1.82) is 0 Å². The van der Waals surface area contributed by atoms with Crippen molar-refractivity contribution in [3.8, 4) is 5.75 Å². The van der Waals surface area contributed by atoms with E-state index in [-0.39, 0.29) is 35.5 Å². The van der Waals surface area contributed by atoms with Crippen molar-refractivity contribution in [3.63, 3.8) is 0 Å². The maximum Gasteiger partial charge on any atom is 2.00 e. The van der Waals surface area contributed by atoms with Gasteiger partial charge in [-0.05, 0) is 33.5 Å². The molecule has 0 saturated heterocycles. The van der Waals surface area contributed by atoms with Gasteiger partial charge < -0.3 is 22.0 Å². The number of benzene rings is 1. The van der Waals surface area contributed by atoms with Gasteiger partial charge in [0.1, 0.15) is 0 Å². The molecule has 0 saturated carbocycles. The molecule has 0 aliphatic heterocycles. The molecule has 0 radical (unpaired) electrons. The molecule has 0 unspecified atom stereocenters. The van der Waals surface area contributed by atoms with Crippen molar-refractivity contribution >= 4 is 23.1 Å². The normalized spacial score (nSPS) is 9.19. The topological polar surface area (TPSA) is 12.5 Å². The molecule has 0 amide bonds. The van der Waals surface area contributed by atoms with Crippen LogP contribution in [0.1, 0.15) is 12.8 Å². The fourth-order valence-corrected chi connectivity index (χ4v) is 1.19. The van der Waals surface area contributed by atoms with Gasteiger partial charge in [0.05, 0.1) is 6.61 Å². The average Bonchev–Trinajstić information content (AvgIpc) is 2.18. The first-order chi connectivity index (χ1) is 6.79. The predicted molar refractivity (Wildman–Crippen MR) is 64.3 cm³/mol. The van der Waals surface area contributed by atoms with Gasteiger partial charge in [-0.25, -0.2) is 0 Å². The summed E-state index contributed by atoms with van der Waals surface area (Å²) in [7, 11) is 4.18. The van der Waals surface area contributed by atoms with Crippen LogP contribution in [-0.2, 0) is 0 Å². The molecule has 0 fully saturated rings. The van der Waals surface area contributed by atoms with Crippen LogP contribution in [0.4, 0.5) is 0 Å². The summed E-state index contributed by atoms with van der Waals surface area (Å²) < 4.78 is 5.55. The quantitative estimate of drug-likeness (QED) is 0.359. The number of nitrogens with zero attached hydrogens (tertiary/aromatic N) is 1. The molecular weight excluding hydrogens is 234 g/mol. The monoisotopic (exact) mass is 251 g/mol. The Morgan fingerprint density at radius 1 is 1.19 bits per heavy atom. The molecule has 2 nitrogen and oxygen atoms in total. The summed E-state index contributed by atoms with van der Waals surface area (Å²) in [5, 5.41) is 0. The van der Waals surface area contributed by atoms with Crippen molar-refractivity contribution in [1.82, 2.24) is 4.90 Å². The van der Waals surface area contributed by atoms with Gasteiger partial charge in [-0.1, -0.05) is 0 Å². The summed E-state index contributed by atoms with van der Waals surface area (Å²) >= 11 is 0. The molecule has 0 atom stereocenters. The van der Waals surface area contributed by atoms with E-state index >= 15 is 0 Å². The number of hydrogen-bond acceptors (Lipinski definition) is 2. The maximum absolute atomic E-state index is 5.55. The fourth-order valence-electron chi connectivity index (χ4n) is 1.19. The van der Waals surface area contributed by atoms with Crippen LogP contribution in [0.25, 0.3) is 0 Å². The first kappa shape index (κ1) is 18.4. The van der Waals surface area contributed by atoms with Crippen LogP contribution >= 0.6 is 0 Å². The number of hydrogen-bond donors (Lipinski definition) is 0. The third-order valence-corrected chi connectivity index (χ3v) is 1.96. The van der Waals surface area contributed by atoms with Gasteiger partial charge in [-0.15, -0.1) is 12.1 Å². The summed E-state index contributed by atoms with van der Waals surface area (Å²) in [6.45, 7) is 1.93. The van der Waals surface area contributed by atoms with E-state index in [2.05, 4.69) is 25.1 Å². The molecule has 1 rings (SSSR count). The molecular formula is C12H18ClMgNO. The Morgan fingerprint density at radius 3 is 2.38 bits per heavy atom. The summed E-state index contributed by atoms with van der Waals surface area (Å²) in [6.07, 6.45) is 2.29. The van der Waals surface area contributed by atoms with E-state index in [9.17, 15) is 0 Å². The molecule has 1 aromatic rings. The zero-order valence-electron chi connectivity index (χ0n) is 10.1. The van der Waals surface area contributed by atoms with E-state index in [0.29, 0.717) is 0 Å². The van der Waals surface area contributed by atoms with Crippen LogP contribution < -0.4 is 17.1 Å². The predicted octanol–water partition coefficient (Wildman–Crippen LogP) is -1.17. The smallest absolute Gasteiger partial charge is 1.00 e. The number of unbranched alkanes of at least 4 members (excludes halogenated alkanes) is 1. The second-order valence-corrected chi connectivity index (χ2v) is 3.59. The van der Waals surface area contributed by atoms with E-state index < -0.39 is 0 Å². The minimum absolute atomic E-state index is 0.